The largest absolute Gasteiger partial charge is 0.361 e. The van der Waals surface area contributed by atoms with Crippen molar-refractivity contribution >= 4 is 66.2 Å². The summed E-state index contributed by atoms with van der Waals surface area (Å²) in [4.78, 5) is 57.1. The quantitative estimate of drug-likeness (QED) is 0.0757. The highest BCUT2D eigenvalue weighted by atomic mass is 14.9. The van der Waals surface area contributed by atoms with Gasteiger partial charge in [0.2, 0.25) is 0 Å². The molecule has 0 saturated carbocycles. The molecule has 9 aromatic heterocycles. The van der Waals surface area contributed by atoms with E-state index in [1.54, 1.807) is 0 Å². The number of aromatic amines is 6. The molecule has 11 heterocycles. The van der Waals surface area contributed by atoms with E-state index in [1.165, 1.54) is 0 Å². The lowest BCUT2D eigenvalue weighted by atomic mass is 9.93. The van der Waals surface area contributed by atoms with Gasteiger partial charge in [0.15, 0.2) is 0 Å². The molecule has 2 atom stereocenters. The summed E-state index contributed by atoms with van der Waals surface area (Å²) < 4.78 is 0. The van der Waals surface area contributed by atoms with Crippen LogP contribution in [0.15, 0.2) is 182 Å². The van der Waals surface area contributed by atoms with Gasteiger partial charge in [-0.05, 0) is 120 Å². The van der Waals surface area contributed by atoms with Gasteiger partial charge >= 0.3 is 0 Å². The zero-order valence-electron chi connectivity index (χ0n) is 39.2. The lowest BCUT2D eigenvalue weighted by Gasteiger charge is -2.16. The molecule has 74 heavy (non-hydrogen) atoms. The topological polar surface area (TPSA) is 172 Å². The Balaban J connectivity index is 1.08. The minimum atomic E-state index is -0.142. The SMILES string of the molecule is c1ccc(C2c3ccc([nH]3)-c3ccc(-c4ccc[nH]4)c4nc5c6nc7c(-c8ccc[nH]8)ccc8c7nc6c6nc7c(ccc(c7nc6c5nc34)-c3ccc2[nH]3)-c2ccc([nH]2)C(c2ccccc2)c2ccc-8[nH]2)cc1. The molecule has 0 radical (unpaired) electrons. The van der Waals surface area contributed by atoms with E-state index < -0.39 is 0 Å². The first-order chi connectivity index (χ1) is 36.6. The first kappa shape index (κ1) is 39.5. The molecule has 2 aliphatic heterocycles. The van der Waals surface area contributed by atoms with Gasteiger partial charge in [-0.1, -0.05) is 60.7 Å². The molecule has 12 nitrogen and oxygen atoms in total. The Bertz CT molecular complexity index is 4480. The molecule has 15 aromatic rings. The molecule has 2 aliphatic rings. The van der Waals surface area contributed by atoms with Gasteiger partial charge in [-0.15, -0.1) is 0 Å². The molecule has 346 valence electrons. The average molecular weight is 951 g/mol. The van der Waals surface area contributed by atoms with Crippen molar-refractivity contribution in [1.29, 1.82) is 0 Å². The Morgan fingerprint density at radius 3 is 0.757 bits per heavy atom. The van der Waals surface area contributed by atoms with Crippen LogP contribution in [0.5, 0.6) is 0 Å². The van der Waals surface area contributed by atoms with Crippen LogP contribution in [0.3, 0.4) is 0 Å². The van der Waals surface area contributed by atoms with Gasteiger partial charge in [0.05, 0.1) is 44.9 Å². The predicted molar refractivity (Wildman–Crippen MR) is 292 cm³/mol. The van der Waals surface area contributed by atoms with Crippen molar-refractivity contribution in [3.63, 3.8) is 0 Å². The number of H-pyrrole nitrogens is 6. The Morgan fingerprint density at radius 1 is 0.230 bits per heavy atom. The smallest absolute Gasteiger partial charge is 0.120 e. The molecule has 0 saturated heterocycles. The van der Waals surface area contributed by atoms with Crippen molar-refractivity contribution < 1.29 is 0 Å². The molecule has 16 bridgehead atoms. The van der Waals surface area contributed by atoms with Crippen molar-refractivity contribution in [2.24, 2.45) is 0 Å². The summed E-state index contributed by atoms with van der Waals surface area (Å²) in [5.41, 5.74) is 25.2. The Kier molecular flexibility index (Phi) is 7.84. The summed E-state index contributed by atoms with van der Waals surface area (Å²) in [6, 6.07) is 59.8. The van der Waals surface area contributed by atoms with Crippen LogP contribution in [-0.2, 0) is 0 Å². The summed E-state index contributed by atoms with van der Waals surface area (Å²) in [6.07, 6.45) is 3.88. The number of nitrogens with one attached hydrogen (secondary N) is 6. The van der Waals surface area contributed by atoms with Crippen LogP contribution in [0.2, 0.25) is 0 Å². The summed E-state index contributed by atoms with van der Waals surface area (Å²) in [5, 5.41) is 0. The van der Waals surface area contributed by atoms with Crippen LogP contribution in [0.4, 0.5) is 0 Å². The van der Waals surface area contributed by atoms with E-state index in [0.29, 0.717) is 33.1 Å². The highest BCUT2D eigenvalue weighted by Gasteiger charge is 2.29. The van der Waals surface area contributed by atoms with E-state index in [9.17, 15) is 0 Å². The molecule has 12 heteroatoms. The number of fused-ring (bicyclic) bond motifs is 13. The van der Waals surface area contributed by atoms with Crippen molar-refractivity contribution in [2.45, 2.75) is 11.8 Å². The third-order valence-electron chi connectivity index (χ3n) is 15.4. The van der Waals surface area contributed by atoms with Gasteiger partial charge in [-0.3, -0.25) is 0 Å². The second kappa shape index (κ2) is 14.7. The van der Waals surface area contributed by atoms with Gasteiger partial charge in [0.1, 0.15) is 33.1 Å². The fraction of sp³-hybridized carbons (Fsp3) is 0.0323. The minimum Gasteiger partial charge on any atom is -0.361 e. The Labute approximate surface area is 419 Å². The van der Waals surface area contributed by atoms with Crippen LogP contribution in [0.25, 0.3) is 134 Å². The maximum absolute atomic E-state index is 5.80. The first-order valence-electron chi connectivity index (χ1n) is 24.8. The molecule has 0 fully saturated rings. The zero-order chi connectivity index (χ0) is 48.2. The van der Waals surface area contributed by atoms with Crippen LogP contribution in [-0.4, -0.2) is 59.8 Å². The Morgan fingerprint density at radius 2 is 0.500 bits per heavy atom. The van der Waals surface area contributed by atoms with Crippen molar-refractivity contribution in [3.8, 4) is 67.5 Å². The molecule has 6 aromatic carbocycles. The molecule has 6 N–H and O–H groups in total. The summed E-state index contributed by atoms with van der Waals surface area (Å²) >= 11 is 0. The van der Waals surface area contributed by atoms with Gasteiger partial charge in [-0.25, -0.2) is 29.9 Å². The van der Waals surface area contributed by atoms with E-state index in [2.05, 4.69) is 188 Å². The van der Waals surface area contributed by atoms with Gasteiger partial charge in [0.25, 0.3) is 0 Å². The molecule has 0 aliphatic carbocycles. The third kappa shape index (κ3) is 5.55. The third-order valence-corrected chi connectivity index (χ3v) is 15.4. The monoisotopic (exact) mass is 950 g/mol. The number of nitrogens with zero attached hydrogens (tertiary/aromatic N) is 6. The van der Waals surface area contributed by atoms with Crippen LogP contribution < -0.4 is 0 Å². The number of rotatable bonds is 4. The summed E-state index contributed by atoms with van der Waals surface area (Å²) in [5.74, 6) is -0.283. The maximum Gasteiger partial charge on any atom is 0.120 e. The zero-order valence-corrected chi connectivity index (χ0v) is 39.2. The van der Waals surface area contributed by atoms with Gasteiger partial charge < -0.3 is 29.9 Å². The van der Waals surface area contributed by atoms with Gasteiger partial charge in [-0.2, -0.15) is 0 Å². The van der Waals surface area contributed by atoms with E-state index in [-0.39, 0.29) is 11.8 Å². The second-order valence-corrected chi connectivity index (χ2v) is 19.5. The normalized spacial score (nSPS) is 14.8. The first-order valence-corrected chi connectivity index (χ1v) is 24.8. The summed E-state index contributed by atoms with van der Waals surface area (Å²) in [6.45, 7) is 0. The molecule has 2 unspecified atom stereocenters. The molecule has 17 rings (SSSR count). The lowest BCUT2D eigenvalue weighted by Crippen LogP contribution is -2.04. The van der Waals surface area contributed by atoms with Crippen molar-refractivity contribution in [2.75, 3.05) is 0 Å². The fourth-order valence-electron chi connectivity index (χ4n) is 12.0. The number of benzene rings is 6. The number of hydrogen-bond donors (Lipinski definition) is 6. The van der Waals surface area contributed by atoms with E-state index in [4.69, 9.17) is 29.9 Å². The highest BCUT2D eigenvalue weighted by Crippen LogP contribution is 2.45. The van der Waals surface area contributed by atoms with Crippen molar-refractivity contribution in [3.05, 3.63) is 216 Å². The molecule has 0 amide bonds. The second-order valence-electron chi connectivity index (χ2n) is 19.5. The number of aromatic nitrogens is 12. The Hall–Kier alpha value is -10.2. The van der Waals surface area contributed by atoms with E-state index >= 15 is 0 Å². The van der Waals surface area contributed by atoms with Crippen LogP contribution in [0, 0.1) is 0 Å². The maximum atomic E-state index is 5.80. The van der Waals surface area contributed by atoms with Crippen LogP contribution >= 0.6 is 0 Å². The van der Waals surface area contributed by atoms with E-state index in [0.717, 1.165) is 135 Å². The minimum absolute atomic E-state index is 0.142. The number of hydrogen-bond acceptors (Lipinski definition) is 6. The standard InChI is InChI=1S/C62H38N12/c1-3-9-31(10-4-1)49-45-25-21-41(65-45)35-17-15-33(39-13-7-29-63-39)51-53(35)71-59-57(69-51)58-60-62-61(59)73-55-37(43-23-27-47(49)67-43)19-20-38(56(55)74-62)44-24-28-48(68-44)50(32-11-5-2-6-12-32)46-26-22-42(66-46)36-18-16-34(40-14-8-30-64-40)52(70-58)54(36)72-60/h1-30,49-50,63-68H. The van der Waals surface area contributed by atoms with Crippen LogP contribution in [0.1, 0.15) is 45.7 Å². The molecular weight excluding hydrogens is 913 g/mol. The lowest BCUT2D eigenvalue weighted by molar-refractivity contribution is 0.900. The highest BCUT2D eigenvalue weighted by molar-refractivity contribution is 6.23. The summed E-state index contributed by atoms with van der Waals surface area (Å²) in [7, 11) is 0. The van der Waals surface area contributed by atoms with Crippen molar-refractivity contribution in [1.82, 2.24) is 59.8 Å². The fourth-order valence-corrected chi connectivity index (χ4v) is 12.0. The molecule has 0 spiro atoms. The van der Waals surface area contributed by atoms with E-state index in [1.807, 2.05) is 24.5 Å². The molecular formula is C62H38N12. The predicted octanol–water partition coefficient (Wildman–Crippen LogP) is 13.9. The average Bonchev–Trinajstić information content (AvgIpc) is 4.32. The van der Waals surface area contributed by atoms with Gasteiger partial charge in [0, 0.05) is 103 Å².